The number of hydrogen-bond acceptors (Lipinski definition) is 6. The molecule has 2 heterocycles. The van der Waals surface area contributed by atoms with E-state index in [2.05, 4.69) is 19.8 Å². The van der Waals surface area contributed by atoms with Crippen LogP contribution in [0, 0.1) is 6.92 Å². The van der Waals surface area contributed by atoms with Crippen molar-refractivity contribution in [3.63, 3.8) is 0 Å². The van der Waals surface area contributed by atoms with Crippen LogP contribution in [0.1, 0.15) is 5.56 Å². The largest absolute Gasteiger partial charge is 0.511 e. The van der Waals surface area contributed by atoms with E-state index in [9.17, 15) is 9.59 Å². The van der Waals surface area contributed by atoms with Crippen molar-refractivity contribution in [2.75, 3.05) is 0 Å². The van der Waals surface area contributed by atoms with Gasteiger partial charge in [0.2, 0.25) is 5.95 Å². The number of halogens is 2. The normalized spacial score (nSPS) is 10.9. The van der Waals surface area contributed by atoms with Gasteiger partial charge in [-0.3, -0.25) is 9.78 Å². The van der Waals surface area contributed by atoms with Crippen molar-refractivity contribution in [2.45, 2.75) is 6.92 Å². The van der Waals surface area contributed by atoms with Gasteiger partial charge in [-0.1, -0.05) is 23.2 Å². The second kappa shape index (κ2) is 7.69. The lowest BCUT2D eigenvalue weighted by Crippen LogP contribution is -2.14. The molecule has 9 nitrogen and oxygen atoms in total. The van der Waals surface area contributed by atoms with Crippen LogP contribution < -0.4 is 15.0 Å². The van der Waals surface area contributed by atoms with Gasteiger partial charge in [0.1, 0.15) is 11.5 Å². The minimum atomic E-state index is -1.47. The maximum absolute atomic E-state index is 12.6. The van der Waals surface area contributed by atoms with E-state index in [1.165, 1.54) is 17.1 Å². The average Bonchev–Trinajstić information content (AvgIpc) is 3.13. The fourth-order valence-electron chi connectivity index (χ4n) is 2.73. The SMILES string of the molecule is Cc1cc2nc(-n3cc(OC(=O)O)cn3)[nH]c(=O)c2cc1Oc1cc(Cl)ccc1Cl. The summed E-state index contributed by atoms with van der Waals surface area (Å²) >= 11 is 12.1. The minimum Gasteiger partial charge on any atom is -0.455 e. The van der Waals surface area contributed by atoms with E-state index in [1.807, 2.05) is 0 Å². The van der Waals surface area contributed by atoms with Crippen LogP contribution in [0.15, 0.2) is 47.5 Å². The Morgan fingerprint density at radius 3 is 2.77 bits per heavy atom. The zero-order valence-electron chi connectivity index (χ0n) is 15.2. The molecule has 0 radical (unpaired) electrons. The minimum absolute atomic E-state index is 0.0106. The smallest absolute Gasteiger partial charge is 0.455 e. The molecule has 0 amide bonds. The summed E-state index contributed by atoms with van der Waals surface area (Å²) in [6.45, 7) is 1.79. The summed E-state index contributed by atoms with van der Waals surface area (Å²) in [5.74, 6) is 0.861. The third-order valence-corrected chi connectivity index (χ3v) is 4.63. The predicted molar refractivity (Wildman–Crippen MR) is 109 cm³/mol. The second-order valence-electron chi connectivity index (χ2n) is 6.19. The van der Waals surface area contributed by atoms with Crippen LogP contribution in [0.25, 0.3) is 16.9 Å². The van der Waals surface area contributed by atoms with E-state index in [1.54, 1.807) is 37.3 Å². The number of fused-ring (bicyclic) bond motifs is 1. The molecule has 0 bridgehead atoms. The van der Waals surface area contributed by atoms with Gasteiger partial charge in [-0.15, -0.1) is 0 Å². The molecule has 0 fully saturated rings. The maximum Gasteiger partial charge on any atom is 0.511 e. The first-order valence-corrected chi connectivity index (χ1v) is 9.19. The van der Waals surface area contributed by atoms with Crippen LogP contribution in [-0.4, -0.2) is 31.0 Å². The van der Waals surface area contributed by atoms with Gasteiger partial charge in [0.05, 0.1) is 28.3 Å². The van der Waals surface area contributed by atoms with Crippen LogP contribution in [0.3, 0.4) is 0 Å². The zero-order chi connectivity index (χ0) is 21.4. The van der Waals surface area contributed by atoms with Crippen molar-refractivity contribution < 1.29 is 19.4 Å². The number of nitrogens with one attached hydrogen (secondary N) is 1. The van der Waals surface area contributed by atoms with Crippen molar-refractivity contribution >= 4 is 40.3 Å². The number of ether oxygens (including phenoxy) is 2. The lowest BCUT2D eigenvalue weighted by atomic mass is 10.1. The molecular weight excluding hydrogens is 435 g/mol. The summed E-state index contributed by atoms with van der Waals surface area (Å²) in [5.41, 5.74) is 0.665. The number of rotatable bonds is 4. The van der Waals surface area contributed by atoms with Crippen molar-refractivity contribution in [1.82, 2.24) is 19.7 Å². The monoisotopic (exact) mass is 446 g/mol. The van der Waals surface area contributed by atoms with Crippen molar-refractivity contribution in [3.8, 4) is 23.2 Å². The van der Waals surface area contributed by atoms with Gasteiger partial charge < -0.3 is 14.6 Å². The van der Waals surface area contributed by atoms with E-state index in [-0.39, 0.29) is 17.1 Å². The van der Waals surface area contributed by atoms with E-state index < -0.39 is 11.7 Å². The summed E-state index contributed by atoms with van der Waals surface area (Å²) in [6, 6.07) is 8.07. The maximum atomic E-state index is 12.6. The van der Waals surface area contributed by atoms with Crippen molar-refractivity contribution in [1.29, 1.82) is 0 Å². The highest BCUT2D eigenvalue weighted by Crippen LogP contribution is 2.34. The molecule has 2 aromatic carbocycles. The summed E-state index contributed by atoms with van der Waals surface area (Å²) in [4.78, 5) is 30.2. The number of H-pyrrole nitrogens is 1. The molecule has 0 aliphatic rings. The molecule has 30 heavy (non-hydrogen) atoms. The molecule has 0 atom stereocenters. The van der Waals surface area contributed by atoms with E-state index in [0.29, 0.717) is 32.6 Å². The Morgan fingerprint density at radius 1 is 1.20 bits per heavy atom. The molecule has 2 aromatic heterocycles. The second-order valence-corrected chi connectivity index (χ2v) is 7.03. The highest BCUT2D eigenvalue weighted by molar-refractivity contribution is 6.34. The molecule has 0 spiro atoms. The van der Waals surface area contributed by atoms with E-state index in [0.717, 1.165) is 0 Å². The zero-order valence-corrected chi connectivity index (χ0v) is 16.7. The number of nitrogens with zero attached hydrogens (tertiary/aromatic N) is 3. The van der Waals surface area contributed by atoms with Gasteiger partial charge in [0.15, 0.2) is 5.75 Å². The highest BCUT2D eigenvalue weighted by atomic mass is 35.5. The van der Waals surface area contributed by atoms with Crippen LogP contribution >= 0.6 is 23.2 Å². The van der Waals surface area contributed by atoms with Gasteiger partial charge >= 0.3 is 6.16 Å². The number of aryl methyl sites for hydroxylation is 1. The summed E-state index contributed by atoms with van der Waals surface area (Å²) in [6.07, 6.45) is 0.997. The number of aromatic nitrogens is 4. The Labute approximate surface area is 178 Å². The molecule has 0 unspecified atom stereocenters. The third kappa shape index (κ3) is 3.93. The number of benzene rings is 2. The Kier molecular flexibility index (Phi) is 5.06. The number of carbonyl (C=O) groups is 1. The molecule has 0 aliphatic heterocycles. The fourth-order valence-corrected chi connectivity index (χ4v) is 3.04. The lowest BCUT2D eigenvalue weighted by molar-refractivity contribution is 0.144. The standard InChI is InChI=1S/C19H12Cl2N4O5/c1-9-4-14-12(6-15(9)30-16-5-10(20)2-3-13(16)21)17(26)24-18(23-14)25-8-11(7-22-25)29-19(27)28/h2-8H,1H3,(H,27,28)(H,23,24,26). The predicted octanol–water partition coefficient (Wildman–Crippen LogP) is 4.57. The molecule has 0 saturated heterocycles. The Hall–Kier alpha value is -3.56. The van der Waals surface area contributed by atoms with Gasteiger partial charge in [0, 0.05) is 11.1 Å². The van der Waals surface area contributed by atoms with Crippen molar-refractivity contribution in [3.05, 3.63) is 68.7 Å². The first-order valence-electron chi connectivity index (χ1n) is 8.43. The Bertz CT molecular complexity index is 1350. The average molecular weight is 447 g/mol. The quantitative estimate of drug-likeness (QED) is 0.440. The van der Waals surface area contributed by atoms with Gasteiger partial charge in [0.25, 0.3) is 5.56 Å². The fraction of sp³-hybridized carbons (Fsp3) is 0.0526. The molecule has 2 N–H and O–H groups in total. The number of carboxylic acid groups (broad SMARTS) is 1. The van der Waals surface area contributed by atoms with Gasteiger partial charge in [-0.2, -0.15) is 5.10 Å². The lowest BCUT2D eigenvalue weighted by Gasteiger charge is -2.12. The third-order valence-electron chi connectivity index (χ3n) is 4.08. The first-order chi connectivity index (χ1) is 14.3. The summed E-state index contributed by atoms with van der Waals surface area (Å²) in [7, 11) is 0. The molecule has 152 valence electrons. The van der Waals surface area contributed by atoms with Crippen molar-refractivity contribution in [2.24, 2.45) is 0 Å². The molecule has 0 saturated carbocycles. The Morgan fingerprint density at radius 2 is 2.00 bits per heavy atom. The van der Waals surface area contributed by atoms with Gasteiger partial charge in [-0.25, -0.2) is 14.5 Å². The van der Waals surface area contributed by atoms with Crippen LogP contribution in [-0.2, 0) is 0 Å². The molecule has 4 aromatic rings. The van der Waals surface area contributed by atoms with E-state index >= 15 is 0 Å². The number of hydrogen-bond donors (Lipinski definition) is 2. The topological polar surface area (TPSA) is 119 Å². The first kappa shape index (κ1) is 19.7. The Balaban J connectivity index is 1.74. The molecule has 4 rings (SSSR count). The highest BCUT2D eigenvalue weighted by Gasteiger charge is 2.13. The number of aromatic amines is 1. The molecule has 11 heteroatoms. The van der Waals surface area contributed by atoms with Crippen LogP contribution in [0.2, 0.25) is 10.0 Å². The van der Waals surface area contributed by atoms with E-state index in [4.69, 9.17) is 33.0 Å². The van der Waals surface area contributed by atoms with Crippen LogP contribution in [0.5, 0.6) is 17.2 Å². The summed E-state index contributed by atoms with van der Waals surface area (Å²) in [5, 5.41) is 13.7. The molecule has 0 aliphatic carbocycles. The van der Waals surface area contributed by atoms with Crippen LogP contribution in [0.4, 0.5) is 4.79 Å². The molecular formula is C19H12Cl2N4O5. The van der Waals surface area contributed by atoms with Gasteiger partial charge in [-0.05, 0) is 36.8 Å². The summed E-state index contributed by atoms with van der Waals surface area (Å²) < 4.78 is 11.6.